The number of aliphatic hydroxyl groups is 1. The third kappa shape index (κ3) is 3.37. The minimum atomic E-state index is -0.472. The first-order valence-electron chi connectivity index (χ1n) is 8.47. The van der Waals surface area contributed by atoms with E-state index in [2.05, 4.69) is 0 Å². The molecule has 0 saturated carbocycles. The molecule has 0 aliphatic carbocycles. The van der Waals surface area contributed by atoms with Gasteiger partial charge in [-0.25, -0.2) is 4.39 Å². The second-order valence-corrected chi connectivity index (χ2v) is 7.46. The Morgan fingerprint density at radius 1 is 1.32 bits per heavy atom. The van der Waals surface area contributed by atoms with Crippen molar-refractivity contribution < 1.29 is 19.1 Å². The highest BCUT2D eigenvalue weighted by molar-refractivity contribution is 6.33. The van der Waals surface area contributed by atoms with Crippen LogP contribution in [0.1, 0.15) is 30.1 Å². The van der Waals surface area contributed by atoms with Crippen molar-refractivity contribution in [2.24, 2.45) is 11.3 Å². The largest absolute Gasteiger partial charge is 0.396 e. The third-order valence-electron chi connectivity index (χ3n) is 5.69. The number of carbonyl (C=O) groups excluding carboxylic acids is 2. The van der Waals surface area contributed by atoms with Crippen molar-refractivity contribution in [2.75, 3.05) is 32.8 Å². The number of benzene rings is 1. The van der Waals surface area contributed by atoms with Crippen molar-refractivity contribution in [2.45, 2.75) is 19.8 Å². The van der Waals surface area contributed by atoms with E-state index in [1.807, 2.05) is 0 Å². The summed E-state index contributed by atoms with van der Waals surface area (Å²) in [4.78, 5) is 27.9. The molecule has 7 heteroatoms. The average molecular weight is 369 g/mol. The number of halogens is 2. The number of nitrogens with zero attached hydrogens (tertiary/aromatic N) is 2. The SMILES string of the molecule is CC(=O)N1CC(CO)C2(CCN(C(=O)c3ccc(F)cc3Cl)CC2)C1. The maximum Gasteiger partial charge on any atom is 0.255 e. The molecule has 2 aliphatic rings. The van der Waals surface area contributed by atoms with Crippen molar-refractivity contribution in [3.63, 3.8) is 0 Å². The van der Waals surface area contributed by atoms with E-state index in [4.69, 9.17) is 11.6 Å². The zero-order valence-electron chi connectivity index (χ0n) is 14.2. The Morgan fingerprint density at radius 3 is 2.56 bits per heavy atom. The Labute approximate surface area is 151 Å². The highest BCUT2D eigenvalue weighted by Gasteiger charge is 2.48. The predicted octanol–water partition coefficient (Wildman–Crippen LogP) is 2.17. The molecule has 1 spiro atoms. The molecule has 1 N–H and O–H groups in total. The highest BCUT2D eigenvalue weighted by Crippen LogP contribution is 2.44. The highest BCUT2D eigenvalue weighted by atomic mass is 35.5. The van der Waals surface area contributed by atoms with Crippen LogP contribution in [0.25, 0.3) is 0 Å². The first-order valence-corrected chi connectivity index (χ1v) is 8.85. The number of likely N-dealkylation sites (tertiary alicyclic amines) is 2. The summed E-state index contributed by atoms with van der Waals surface area (Å²) < 4.78 is 13.2. The third-order valence-corrected chi connectivity index (χ3v) is 6.00. The number of amides is 2. The number of rotatable bonds is 2. The summed E-state index contributed by atoms with van der Waals surface area (Å²) in [7, 11) is 0. The Bertz CT molecular complexity index is 689. The van der Waals surface area contributed by atoms with Crippen molar-refractivity contribution in [3.8, 4) is 0 Å². The van der Waals surface area contributed by atoms with Crippen molar-refractivity contribution in [3.05, 3.63) is 34.6 Å². The Hall–Kier alpha value is -1.66. The Balaban J connectivity index is 1.71. The lowest BCUT2D eigenvalue weighted by atomic mass is 9.71. The maximum absolute atomic E-state index is 13.2. The average Bonchev–Trinajstić information content (AvgIpc) is 2.93. The molecular weight excluding hydrogens is 347 g/mol. The van der Waals surface area contributed by atoms with Crippen LogP contribution >= 0.6 is 11.6 Å². The van der Waals surface area contributed by atoms with Crippen LogP contribution in [-0.4, -0.2) is 59.5 Å². The van der Waals surface area contributed by atoms with Crippen LogP contribution in [0, 0.1) is 17.2 Å². The molecular formula is C18H22ClFN2O3. The molecule has 1 aromatic rings. The molecule has 2 heterocycles. The lowest BCUT2D eigenvalue weighted by Crippen LogP contribution is -2.47. The lowest BCUT2D eigenvalue weighted by molar-refractivity contribution is -0.128. The topological polar surface area (TPSA) is 60.9 Å². The summed E-state index contributed by atoms with van der Waals surface area (Å²) in [5, 5.41) is 9.84. The number of carbonyl (C=O) groups is 2. The molecule has 2 saturated heterocycles. The lowest BCUT2D eigenvalue weighted by Gasteiger charge is -2.42. The summed E-state index contributed by atoms with van der Waals surface area (Å²) in [6.07, 6.45) is 1.46. The first kappa shape index (κ1) is 18.1. The summed E-state index contributed by atoms with van der Waals surface area (Å²) in [5.74, 6) is -0.614. The van der Waals surface area contributed by atoms with E-state index in [0.29, 0.717) is 31.7 Å². The van der Waals surface area contributed by atoms with E-state index in [0.717, 1.165) is 18.9 Å². The zero-order valence-corrected chi connectivity index (χ0v) is 14.9. The van der Waals surface area contributed by atoms with Crippen LogP contribution in [0.2, 0.25) is 5.02 Å². The van der Waals surface area contributed by atoms with Gasteiger partial charge in [-0.1, -0.05) is 11.6 Å². The summed E-state index contributed by atoms with van der Waals surface area (Å²) in [6.45, 7) is 3.87. The normalized spacial score (nSPS) is 22.5. The molecule has 2 amide bonds. The fourth-order valence-corrected chi connectivity index (χ4v) is 4.33. The van der Waals surface area contributed by atoms with Crippen LogP contribution in [-0.2, 0) is 4.79 Å². The maximum atomic E-state index is 13.2. The number of piperidine rings is 1. The fourth-order valence-electron chi connectivity index (χ4n) is 4.08. The van der Waals surface area contributed by atoms with Crippen molar-refractivity contribution in [1.82, 2.24) is 9.80 Å². The predicted molar refractivity (Wildman–Crippen MR) is 91.8 cm³/mol. The van der Waals surface area contributed by atoms with E-state index in [1.54, 1.807) is 16.7 Å². The van der Waals surface area contributed by atoms with Gasteiger partial charge < -0.3 is 14.9 Å². The van der Waals surface area contributed by atoms with Gasteiger partial charge in [0.15, 0.2) is 0 Å². The molecule has 0 aromatic heterocycles. The summed E-state index contributed by atoms with van der Waals surface area (Å²) >= 11 is 6.00. The molecule has 1 unspecified atom stereocenters. The molecule has 3 rings (SSSR count). The van der Waals surface area contributed by atoms with Gasteiger partial charge in [0.25, 0.3) is 5.91 Å². The van der Waals surface area contributed by atoms with Gasteiger partial charge in [0.05, 0.1) is 10.6 Å². The summed E-state index contributed by atoms with van der Waals surface area (Å²) in [5.41, 5.74) is 0.165. The fraction of sp³-hybridized carbons (Fsp3) is 0.556. The minimum Gasteiger partial charge on any atom is -0.396 e. The van der Waals surface area contributed by atoms with Gasteiger partial charge >= 0.3 is 0 Å². The van der Waals surface area contributed by atoms with Crippen LogP contribution in [0.3, 0.4) is 0 Å². The van der Waals surface area contributed by atoms with Crippen LogP contribution in [0.5, 0.6) is 0 Å². The van der Waals surface area contributed by atoms with Gasteiger partial charge in [0.2, 0.25) is 5.91 Å². The van der Waals surface area contributed by atoms with Gasteiger partial charge in [-0.3, -0.25) is 9.59 Å². The van der Waals surface area contributed by atoms with E-state index >= 15 is 0 Å². The molecule has 1 atom stereocenters. The van der Waals surface area contributed by atoms with Crippen molar-refractivity contribution >= 4 is 23.4 Å². The first-order chi connectivity index (χ1) is 11.9. The Morgan fingerprint density at radius 2 is 2.00 bits per heavy atom. The second-order valence-electron chi connectivity index (χ2n) is 7.06. The van der Waals surface area contributed by atoms with Gasteiger partial charge in [-0.15, -0.1) is 0 Å². The van der Waals surface area contributed by atoms with Crippen LogP contribution in [0.15, 0.2) is 18.2 Å². The van der Waals surface area contributed by atoms with Gasteiger partial charge in [0.1, 0.15) is 5.82 Å². The number of hydrogen-bond acceptors (Lipinski definition) is 3. The Kier molecular flexibility index (Phi) is 5.02. The molecule has 136 valence electrons. The molecule has 0 bridgehead atoms. The van der Waals surface area contributed by atoms with Gasteiger partial charge in [-0.05, 0) is 36.5 Å². The smallest absolute Gasteiger partial charge is 0.255 e. The summed E-state index contributed by atoms with van der Waals surface area (Å²) in [6, 6.07) is 3.78. The van der Waals surface area contributed by atoms with Crippen LogP contribution < -0.4 is 0 Å². The standard InChI is InChI=1S/C18H22ClFN2O3/c1-12(24)22-9-13(10-23)18(11-22)4-6-21(7-5-18)17(25)15-3-2-14(20)8-16(15)19/h2-3,8,13,23H,4-7,9-11H2,1H3. The number of hydrogen-bond donors (Lipinski definition) is 1. The quantitative estimate of drug-likeness (QED) is 0.870. The molecule has 25 heavy (non-hydrogen) atoms. The van der Waals surface area contributed by atoms with E-state index in [-0.39, 0.29) is 34.8 Å². The molecule has 1 aromatic carbocycles. The van der Waals surface area contributed by atoms with Crippen LogP contribution in [0.4, 0.5) is 4.39 Å². The van der Waals surface area contributed by atoms with E-state index < -0.39 is 5.82 Å². The monoisotopic (exact) mass is 368 g/mol. The van der Waals surface area contributed by atoms with Gasteiger partial charge in [0, 0.05) is 45.6 Å². The molecule has 2 fully saturated rings. The molecule has 2 aliphatic heterocycles. The number of aliphatic hydroxyl groups excluding tert-OH is 1. The molecule has 5 nitrogen and oxygen atoms in total. The van der Waals surface area contributed by atoms with E-state index in [9.17, 15) is 19.1 Å². The zero-order chi connectivity index (χ0) is 18.2. The van der Waals surface area contributed by atoms with E-state index in [1.165, 1.54) is 12.1 Å². The minimum absolute atomic E-state index is 0.0203. The van der Waals surface area contributed by atoms with Crippen molar-refractivity contribution in [1.29, 1.82) is 0 Å². The second kappa shape index (κ2) is 6.92. The molecule has 0 radical (unpaired) electrons. The van der Waals surface area contributed by atoms with Gasteiger partial charge in [-0.2, -0.15) is 0 Å².